The molecule has 1 heterocycles. The Morgan fingerprint density at radius 3 is 1.97 bits per heavy atom. The summed E-state index contributed by atoms with van der Waals surface area (Å²) >= 11 is 1.25. The molecule has 0 radical (unpaired) electrons. The third-order valence-corrected chi connectivity index (χ3v) is 12.6. The van der Waals surface area contributed by atoms with Crippen LogP contribution in [0.3, 0.4) is 0 Å². The van der Waals surface area contributed by atoms with Crippen molar-refractivity contribution in [2.45, 2.75) is 51.7 Å². The van der Waals surface area contributed by atoms with E-state index >= 15 is 0 Å². The molecule has 1 aromatic heterocycles. The minimum Gasteiger partial charge on any atom is -0.494 e. The summed E-state index contributed by atoms with van der Waals surface area (Å²) in [6.45, 7) is 8.51. The number of carbonyl (C=O) groups is 4. The number of carbonyl (C=O) groups excluding carboxylic acids is 4. The Hall–Kier alpha value is -9.14. The highest BCUT2D eigenvalue weighted by Gasteiger charge is 2.19. The number of hydrogen-bond acceptors (Lipinski definition) is 13. The van der Waals surface area contributed by atoms with Crippen LogP contribution in [0.1, 0.15) is 64.7 Å². The molecule has 1 amide bonds. The van der Waals surface area contributed by atoms with Gasteiger partial charge in [-0.3, -0.25) is 9.59 Å². The van der Waals surface area contributed by atoms with Crippen molar-refractivity contribution in [2.75, 3.05) is 18.2 Å². The molecule has 0 aliphatic heterocycles. The Labute approximate surface area is 445 Å². The van der Waals surface area contributed by atoms with Crippen molar-refractivity contribution in [3.8, 4) is 40.0 Å². The Bertz CT molecular complexity index is 3280. The molecule has 14 heteroatoms. The first-order valence-electron chi connectivity index (χ1n) is 24.7. The summed E-state index contributed by atoms with van der Waals surface area (Å²) in [7, 11) is 0. The van der Waals surface area contributed by atoms with Crippen LogP contribution in [0.5, 0.6) is 28.7 Å². The van der Waals surface area contributed by atoms with Crippen LogP contribution in [0.4, 0.5) is 5.13 Å². The third-order valence-electron chi connectivity index (χ3n) is 11.7. The topological polar surface area (TPSA) is 152 Å². The normalized spacial score (nSPS) is 10.9. The van der Waals surface area contributed by atoms with Crippen LogP contribution in [0.2, 0.25) is 0 Å². The molecule has 0 fully saturated rings. The summed E-state index contributed by atoms with van der Waals surface area (Å²) in [6, 6.07) is 50.2. The molecule has 0 saturated heterocycles. The number of aromatic nitrogens is 1. The zero-order chi connectivity index (χ0) is 52.9. The number of esters is 3. The molecule has 0 aliphatic rings. The van der Waals surface area contributed by atoms with Crippen molar-refractivity contribution >= 4 is 57.3 Å². The van der Waals surface area contributed by atoms with E-state index in [1.807, 2.05) is 102 Å². The number of amides is 1. The SMILES string of the molecule is C=CC(=O)OCCCCCCOc1ccc(C(=O)Oc2ccc(COc3ccc(CCC(=O)Oc4ccc(OCc5ccccc5)cc4)cc3)cc2/C=N/N(C(=O)C=C)c2nc(-c3ccc4ccccc4c3)cs2)cc1. The number of benzene rings is 7. The molecule has 0 N–H and O–H groups in total. The van der Waals surface area contributed by atoms with Gasteiger partial charge in [0.25, 0.3) is 5.91 Å². The van der Waals surface area contributed by atoms with E-state index in [-0.39, 0.29) is 24.7 Å². The number of unbranched alkanes of at least 4 members (excludes halogenated alkanes) is 3. The second kappa shape index (κ2) is 27.2. The van der Waals surface area contributed by atoms with Gasteiger partial charge in [-0.2, -0.15) is 10.1 Å². The van der Waals surface area contributed by atoms with Gasteiger partial charge in [-0.15, -0.1) is 11.3 Å². The Morgan fingerprint density at radius 1 is 0.592 bits per heavy atom. The number of fused-ring (bicyclic) bond motifs is 1. The van der Waals surface area contributed by atoms with Crippen LogP contribution in [-0.2, 0) is 38.8 Å². The maximum Gasteiger partial charge on any atom is 0.343 e. The first-order valence-corrected chi connectivity index (χ1v) is 25.6. The molecule has 0 atom stereocenters. The van der Waals surface area contributed by atoms with Crippen LogP contribution in [0.15, 0.2) is 200 Å². The zero-order valence-electron chi connectivity index (χ0n) is 41.7. The lowest BCUT2D eigenvalue weighted by Gasteiger charge is -2.14. The molecular weight excluding hydrogens is 979 g/mol. The highest BCUT2D eigenvalue weighted by molar-refractivity contribution is 7.14. The van der Waals surface area contributed by atoms with Gasteiger partial charge in [-0.05, 0) is 145 Å². The summed E-state index contributed by atoms with van der Waals surface area (Å²) in [5.74, 6) is 0.588. The van der Waals surface area contributed by atoms with Crippen LogP contribution < -0.4 is 28.7 Å². The molecule has 7 aromatic carbocycles. The minimum atomic E-state index is -0.617. The maximum absolute atomic E-state index is 13.6. The average Bonchev–Trinajstić information content (AvgIpc) is 3.95. The third kappa shape index (κ3) is 15.7. The summed E-state index contributed by atoms with van der Waals surface area (Å²) < 4.78 is 34.4. The predicted molar refractivity (Wildman–Crippen MR) is 295 cm³/mol. The molecule has 8 rings (SSSR count). The number of thiazole rings is 1. The van der Waals surface area contributed by atoms with Crippen LogP contribution in [0.25, 0.3) is 22.0 Å². The Morgan fingerprint density at radius 2 is 1.24 bits per heavy atom. The molecular formula is C62H55N3O10S. The van der Waals surface area contributed by atoms with Gasteiger partial charge >= 0.3 is 17.9 Å². The second-order valence-electron chi connectivity index (χ2n) is 17.2. The van der Waals surface area contributed by atoms with E-state index in [1.165, 1.54) is 17.6 Å². The first kappa shape index (κ1) is 53.2. The lowest BCUT2D eigenvalue weighted by atomic mass is 10.1. The van der Waals surface area contributed by atoms with Crippen molar-refractivity contribution in [1.29, 1.82) is 0 Å². The number of aryl methyl sites for hydroxylation is 1. The van der Waals surface area contributed by atoms with Gasteiger partial charge in [0, 0.05) is 29.0 Å². The number of ether oxygens (including phenoxy) is 6. The van der Waals surface area contributed by atoms with E-state index < -0.39 is 17.8 Å². The lowest BCUT2D eigenvalue weighted by Crippen LogP contribution is -2.23. The monoisotopic (exact) mass is 1030 g/mol. The summed E-state index contributed by atoms with van der Waals surface area (Å²) in [5.41, 5.74) is 4.94. The molecule has 0 aliphatic carbocycles. The standard InChI is InChI=1S/C62H55N3O10S/c1-3-58(66)65(62-64-56(43-76-62)50-23-22-47-16-10-11-17-49(47)39-50)63-40-51-38-46(20-34-57(51)75-61(69)48-24-28-52(29-25-48)70-36-12-5-6-13-37-71-59(67)4-2)42-73-53-26-18-44(19-27-53)21-35-60(68)74-55-32-30-54(31-33-55)72-41-45-14-8-7-9-15-45/h3-4,7-11,14-20,22-34,38-40,43H,1-2,5-6,12-13,21,35-37,41-42H2/b63-40+. The number of anilines is 1. The smallest absolute Gasteiger partial charge is 0.343 e. The lowest BCUT2D eigenvalue weighted by molar-refractivity contribution is -0.138. The van der Waals surface area contributed by atoms with E-state index in [0.29, 0.717) is 71.2 Å². The van der Waals surface area contributed by atoms with E-state index in [2.05, 4.69) is 18.3 Å². The fraction of sp³-hybridized carbons (Fsp3) is 0.161. The molecule has 0 unspecified atom stereocenters. The van der Waals surface area contributed by atoms with Gasteiger partial charge < -0.3 is 28.4 Å². The molecule has 8 aromatic rings. The van der Waals surface area contributed by atoms with E-state index in [0.717, 1.165) is 75.9 Å². The number of nitrogens with zero attached hydrogens (tertiary/aromatic N) is 3. The Balaban J connectivity index is 0.903. The predicted octanol–water partition coefficient (Wildman–Crippen LogP) is 13.1. The number of hydrazone groups is 1. The molecule has 384 valence electrons. The first-order chi connectivity index (χ1) is 37.2. The second-order valence-corrected chi connectivity index (χ2v) is 18.1. The quantitative estimate of drug-likeness (QED) is 0.0127. The van der Waals surface area contributed by atoms with Crippen molar-refractivity contribution in [3.05, 3.63) is 222 Å². The number of hydrogen-bond donors (Lipinski definition) is 0. The Kier molecular flexibility index (Phi) is 19.1. The van der Waals surface area contributed by atoms with Crippen LogP contribution in [-0.4, -0.2) is 48.2 Å². The van der Waals surface area contributed by atoms with Gasteiger partial charge in [-0.1, -0.05) is 98.1 Å². The molecule has 13 nitrogen and oxygen atoms in total. The number of rotatable bonds is 26. The van der Waals surface area contributed by atoms with Gasteiger partial charge in [-0.25, -0.2) is 14.6 Å². The van der Waals surface area contributed by atoms with Gasteiger partial charge in [0.05, 0.1) is 30.7 Å². The zero-order valence-corrected chi connectivity index (χ0v) is 42.5. The fourth-order valence-electron chi connectivity index (χ4n) is 7.65. The summed E-state index contributed by atoms with van der Waals surface area (Å²) in [6.07, 6.45) is 7.75. The van der Waals surface area contributed by atoms with E-state index in [4.69, 9.17) is 33.4 Å². The summed E-state index contributed by atoms with van der Waals surface area (Å²) in [4.78, 5) is 55.7. The van der Waals surface area contributed by atoms with E-state index in [1.54, 1.807) is 66.7 Å². The molecule has 0 saturated carbocycles. The van der Waals surface area contributed by atoms with E-state index in [9.17, 15) is 19.2 Å². The van der Waals surface area contributed by atoms with Gasteiger partial charge in [0.15, 0.2) is 0 Å². The highest BCUT2D eigenvalue weighted by Crippen LogP contribution is 2.31. The molecule has 0 spiro atoms. The van der Waals surface area contributed by atoms with Crippen LogP contribution in [0, 0.1) is 0 Å². The van der Waals surface area contributed by atoms with Gasteiger partial charge in [0.1, 0.15) is 42.0 Å². The largest absolute Gasteiger partial charge is 0.494 e. The summed E-state index contributed by atoms with van der Waals surface area (Å²) in [5, 5.41) is 10.1. The average molecular weight is 1030 g/mol. The van der Waals surface area contributed by atoms with Crippen LogP contribution >= 0.6 is 11.3 Å². The molecule has 0 bridgehead atoms. The van der Waals surface area contributed by atoms with Crippen molar-refractivity contribution in [2.24, 2.45) is 5.10 Å². The van der Waals surface area contributed by atoms with Crippen molar-refractivity contribution < 1.29 is 47.6 Å². The van der Waals surface area contributed by atoms with Crippen molar-refractivity contribution in [3.63, 3.8) is 0 Å². The maximum atomic E-state index is 13.6. The fourth-order valence-corrected chi connectivity index (χ4v) is 8.44. The van der Waals surface area contributed by atoms with Crippen molar-refractivity contribution in [1.82, 2.24) is 4.98 Å². The van der Waals surface area contributed by atoms with Gasteiger partial charge in [0.2, 0.25) is 5.13 Å². The molecule has 76 heavy (non-hydrogen) atoms. The minimum absolute atomic E-state index is 0.139. The highest BCUT2D eigenvalue weighted by atomic mass is 32.1.